The van der Waals surface area contributed by atoms with Gasteiger partial charge in [-0.3, -0.25) is 4.79 Å². The number of carbonyl (C=O) groups is 1. The van der Waals surface area contributed by atoms with Gasteiger partial charge in [-0.1, -0.05) is 18.2 Å². The lowest BCUT2D eigenvalue weighted by Gasteiger charge is -2.27. The molecule has 0 aromatic heterocycles. The van der Waals surface area contributed by atoms with Crippen molar-refractivity contribution in [1.82, 2.24) is 5.32 Å². The number of aliphatic hydroxyl groups is 1. The molecular weight excluding hydrogens is 252 g/mol. The zero-order chi connectivity index (χ0) is 13.9. The first-order valence-corrected chi connectivity index (χ1v) is 7.52. The highest BCUT2D eigenvalue weighted by Gasteiger charge is 2.26. The SMILES string of the molecule is O=C(CC1CNc2ccccc21)NC1CCCC(O)C1. The van der Waals surface area contributed by atoms with Gasteiger partial charge in [0.15, 0.2) is 0 Å². The number of aliphatic hydroxyl groups excluding tert-OH is 1. The van der Waals surface area contributed by atoms with Crippen LogP contribution < -0.4 is 10.6 Å². The predicted octanol–water partition coefficient (Wildman–Crippen LogP) is 2.01. The van der Waals surface area contributed by atoms with Crippen molar-refractivity contribution in [2.24, 2.45) is 0 Å². The molecule has 108 valence electrons. The molecule has 1 saturated carbocycles. The van der Waals surface area contributed by atoms with E-state index in [-0.39, 0.29) is 24.0 Å². The van der Waals surface area contributed by atoms with Gasteiger partial charge < -0.3 is 15.7 Å². The van der Waals surface area contributed by atoms with Gasteiger partial charge in [-0.2, -0.15) is 0 Å². The summed E-state index contributed by atoms with van der Waals surface area (Å²) in [6.45, 7) is 0.833. The van der Waals surface area contributed by atoms with Crippen molar-refractivity contribution < 1.29 is 9.90 Å². The minimum absolute atomic E-state index is 0.104. The highest BCUT2D eigenvalue weighted by Crippen LogP contribution is 2.33. The van der Waals surface area contributed by atoms with Crippen LogP contribution in [0.2, 0.25) is 0 Å². The van der Waals surface area contributed by atoms with E-state index in [1.165, 1.54) is 5.56 Å². The quantitative estimate of drug-likeness (QED) is 0.790. The van der Waals surface area contributed by atoms with Gasteiger partial charge in [-0.05, 0) is 37.3 Å². The van der Waals surface area contributed by atoms with Crippen LogP contribution in [0.4, 0.5) is 5.69 Å². The number of fused-ring (bicyclic) bond motifs is 1. The molecule has 2 aliphatic rings. The Bertz CT molecular complexity index is 489. The van der Waals surface area contributed by atoms with Crippen molar-refractivity contribution in [2.45, 2.75) is 50.2 Å². The lowest BCUT2D eigenvalue weighted by atomic mass is 9.92. The highest BCUT2D eigenvalue weighted by atomic mass is 16.3. The summed E-state index contributed by atoms with van der Waals surface area (Å²) < 4.78 is 0. The average Bonchev–Trinajstić information content (AvgIpc) is 2.82. The molecule has 4 nitrogen and oxygen atoms in total. The summed E-state index contributed by atoms with van der Waals surface area (Å²) in [5.74, 6) is 0.368. The minimum atomic E-state index is -0.247. The maximum absolute atomic E-state index is 12.2. The van der Waals surface area contributed by atoms with Crippen LogP contribution in [0.3, 0.4) is 0 Å². The minimum Gasteiger partial charge on any atom is -0.393 e. The standard InChI is InChI=1S/C16H22N2O2/c19-13-5-3-4-12(9-13)18-16(20)8-11-10-17-15-7-2-1-6-14(11)15/h1-2,6-7,11-13,17,19H,3-5,8-10H2,(H,18,20). The summed E-state index contributed by atoms with van der Waals surface area (Å²) in [5.41, 5.74) is 2.39. The Kier molecular flexibility index (Phi) is 3.92. The third-order valence-electron chi connectivity index (χ3n) is 4.38. The number of anilines is 1. The molecule has 1 amide bonds. The zero-order valence-electron chi connectivity index (χ0n) is 11.6. The van der Waals surface area contributed by atoms with Crippen molar-refractivity contribution >= 4 is 11.6 Å². The molecule has 1 heterocycles. The first-order chi connectivity index (χ1) is 9.72. The Morgan fingerprint density at radius 3 is 3.05 bits per heavy atom. The second kappa shape index (κ2) is 5.83. The Balaban J connectivity index is 1.55. The van der Waals surface area contributed by atoms with Gasteiger partial charge in [-0.25, -0.2) is 0 Å². The zero-order valence-corrected chi connectivity index (χ0v) is 11.6. The van der Waals surface area contributed by atoms with Crippen molar-refractivity contribution in [2.75, 3.05) is 11.9 Å². The molecule has 20 heavy (non-hydrogen) atoms. The lowest BCUT2D eigenvalue weighted by molar-refractivity contribution is -0.122. The molecule has 0 bridgehead atoms. The number of hydrogen-bond acceptors (Lipinski definition) is 3. The van der Waals surface area contributed by atoms with Crippen molar-refractivity contribution in [1.29, 1.82) is 0 Å². The number of hydrogen-bond donors (Lipinski definition) is 3. The van der Waals surface area contributed by atoms with Crippen LogP contribution in [-0.2, 0) is 4.79 Å². The van der Waals surface area contributed by atoms with E-state index < -0.39 is 0 Å². The Morgan fingerprint density at radius 2 is 2.20 bits per heavy atom. The topological polar surface area (TPSA) is 61.4 Å². The van der Waals surface area contributed by atoms with Gasteiger partial charge in [-0.15, -0.1) is 0 Å². The maximum Gasteiger partial charge on any atom is 0.220 e. The van der Waals surface area contributed by atoms with Crippen LogP contribution in [0.1, 0.15) is 43.6 Å². The predicted molar refractivity (Wildman–Crippen MR) is 78.7 cm³/mol. The molecule has 0 spiro atoms. The summed E-state index contributed by atoms with van der Waals surface area (Å²) in [5, 5.41) is 16.1. The van der Waals surface area contributed by atoms with Gasteiger partial charge in [0.25, 0.3) is 0 Å². The highest BCUT2D eigenvalue weighted by molar-refractivity contribution is 5.78. The normalized spacial score (nSPS) is 28.6. The van der Waals surface area contributed by atoms with Crippen LogP contribution in [-0.4, -0.2) is 29.7 Å². The number of rotatable bonds is 3. The molecule has 4 heteroatoms. The Morgan fingerprint density at radius 1 is 1.35 bits per heavy atom. The van der Waals surface area contributed by atoms with Crippen LogP contribution in [0.5, 0.6) is 0 Å². The van der Waals surface area contributed by atoms with Crippen molar-refractivity contribution in [3.63, 3.8) is 0 Å². The van der Waals surface area contributed by atoms with Gasteiger partial charge >= 0.3 is 0 Å². The number of nitrogens with one attached hydrogen (secondary N) is 2. The lowest BCUT2D eigenvalue weighted by Crippen LogP contribution is -2.40. The molecule has 0 radical (unpaired) electrons. The number of carbonyl (C=O) groups excluding carboxylic acids is 1. The van der Waals surface area contributed by atoms with Crippen molar-refractivity contribution in [3.8, 4) is 0 Å². The van der Waals surface area contributed by atoms with E-state index in [9.17, 15) is 9.90 Å². The molecule has 1 aliphatic carbocycles. The van der Waals surface area contributed by atoms with E-state index >= 15 is 0 Å². The fourth-order valence-electron chi connectivity index (χ4n) is 3.34. The van der Waals surface area contributed by atoms with Crippen LogP contribution in [0.15, 0.2) is 24.3 Å². The monoisotopic (exact) mass is 274 g/mol. The third-order valence-corrected chi connectivity index (χ3v) is 4.38. The smallest absolute Gasteiger partial charge is 0.220 e. The number of benzene rings is 1. The molecular formula is C16H22N2O2. The second-order valence-electron chi connectivity index (χ2n) is 5.95. The first-order valence-electron chi connectivity index (χ1n) is 7.52. The van der Waals surface area contributed by atoms with Gasteiger partial charge in [0.2, 0.25) is 5.91 Å². The largest absolute Gasteiger partial charge is 0.393 e. The van der Waals surface area contributed by atoms with Gasteiger partial charge in [0, 0.05) is 30.6 Å². The van der Waals surface area contributed by atoms with Crippen LogP contribution >= 0.6 is 0 Å². The summed E-state index contributed by atoms with van der Waals surface area (Å²) in [6, 6.07) is 8.34. The molecule has 0 saturated heterocycles. The molecule has 3 unspecified atom stereocenters. The van der Waals surface area contributed by atoms with E-state index in [2.05, 4.69) is 22.8 Å². The molecule has 3 rings (SSSR count). The maximum atomic E-state index is 12.2. The van der Waals surface area contributed by atoms with Gasteiger partial charge in [0.1, 0.15) is 0 Å². The first kappa shape index (κ1) is 13.4. The van der Waals surface area contributed by atoms with E-state index in [1.807, 2.05) is 12.1 Å². The number of amides is 1. The Hall–Kier alpha value is -1.55. The summed E-state index contributed by atoms with van der Waals surface area (Å²) in [7, 11) is 0. The number of para-hydroxylation sites is 1. The van der Waals surface area contributed by atoms with E-state index in [0.29, 0.717) is 12.8 Å². The molecule has 1 aromatic rings. The van der Waals surface area contributed by atoms with Crippen LogP contribution in [0.25, 0.3) is 0 Å². The average molecular weight is 274 g/mol. The van der Waals surface area contributed by atoms with E-state index in [4.69, 9.17) is 0 Å². The van der Waals surface area contributed by atoms with Crippen LogP contribution in [0, 0.1) is 0 Å². The summed E-state index contributed by atoms with van der Waals surface area (Å²) in [6.07, 6.45) is 3.83. The Labute approximate surface area is 119 Å². The molecule has 3 atom stereocenters. The third kappa shape index (κ3) is 2.96. The molecule has 3 N–H and O–H groups in total. The molecule has 1 fully saturated rings. The molecule has 1 aliphatic heterocycles. The van der Waals surface area contributed by atoms with Gasteiger partial charge in [0.05, 0.1) is 6.10 Å². The second-order valence-corrected chi connectivity index (χ2v) is 5.95. The summed E-state index contributed by atoms with van der Waals surface area (Å²) >= 11 is 0. The summed E-state index contributed by atoms with van der Waals surface area (Å²) in [4.78, 5) is 12.2. The van der Waals surface area contributed by atoms with E-state index in [1.54, 1.807) is 0 Å². The molecule has 1 aromatic carbocycles. The fourth-order valence-corrected chi connectivity index (χ4v) is 3.34. The van der Waals surface area contributed by atoms with Crippen molar-refractivity contribution in [3.05, 3.63) is 29.8 Å². The van der Waals surface area contributed by atoms with E-state index in [0.717, 1.165) is 31.5 Å². The fraction of sp³-hybridized carbons (Fsp3) is 0.562.